The van der Waals surface area contributed by atoms with Crippen molar-refractivity contribution in [2.24, 2.45) is 11.8 Å². The van der Waals surface area contributed by atoms with Gasteiger partial charge in [0.2, 0.25) is 11.8 Å². The number of nitrogens with one attached hydrogen (secondary N) is 3. The first-order chi connectivity index (χ1) is 16.7. The zero-order valence-corrected chi connectivity index (χ0v) is 20.6. The van der Waals surface area contributed by atoms with Crippen LogP contribution in [-0.2, 0) is 22.7 Å². The highest BCUT2D eigenvalue weighted by Crippen LogP contribution is 2.20. The molecule has 8 heteroatoms. The Labute approximate surface area is 206 Å². The number of piperidine rings is 1. The van der Waals surface area contributed by atoms with E-state index in [9.17, 15) is 18.8 Å². The summed E-state index contributed by atoms with van der Waals surface area (Å²) >= 11 is 0. The van der Waals surface area contributed by atoms with E-state index in [1.807, 2.05) is 44.2 Å². The molecule has 0 spiro atoms. The molecule has 0 bridgehead atoms. The average Bonchev–Trinajstić information content (AvgIpc) is 2.86. The number of urea groups is 1. The Hall–Kier alpha value is -3.42. The zero-order valence-electron chi connectivity index (χ0n) is 20.6. The summed E-state index contributed by atoms with van der Waals surface area (Å²) in [6.45, 7) is 7.04. The van der Waals surface area contributed by atoms with E-state index >= 15 is 0 Å². The van der Waals surface area contributed by atoms with E-state index in [0.29, 0.717) is 43.6 Å². The molecular weight excluding hydrogens is 447 g/mol. The van der Waals surface area contributed by atoms with Crippen LogP contribution in [0.25, 0.3) is 0 Å². The highest BCUT2D eigenvalue weighted by Gasteiger charge is 2.33. The van der Waals surface area contributed by atoms with Gasteiger partial charge in [-0.3, -0.25) is 9.59 Å². The van der Waals surface area contributed by atoms with Crippen LogP contribution in [0.3, 0.4) is 0 Å². The van der Waals surface area contributed by atoms with Crippen molar-refractivity contribution in [1.29, 1.82) is 0 Å². The molecule has 1 heterocycles. The number of benzene rings is 2. The molecule has 1 atom stereocenters. The maximum absolute atomic E-state index is 13.7. The van der Waals surface area contributed by atoms with Crippen LogP contribution < -0.4 is 16.0 Å². The first-order valence-corrected chi connectivity index (χ1v) is 12.1. The molecule has 1 aliphatic rings. The van der Waals surface area contributed by atoms with E-state index in [1.54, 1.807) is 24.0 Å². The minimum absolute atomic E-state index is 0.0825. The Morgan fingerprint density at radius 3 is 2.26 bits per heavy atom. The van der Waals surface area contributed by atoms with Gasteiger partial charge in [0.25, 0.3) is 0 Å². The Morgan fingerprint density at radius 1 is 0.971 bits per heavy atom. The maximum atomic E-state index is 13.7. The highest BCUT2D eigenvalue weighted by molar-refractivity contribution is 5.87. The second kappa shape index (κ2) is 12.3. The molecule has 7 nitrogen and oxygen atoms in total. The molecule has 1 unspecified atom stereocenters. The molecule has 3 N–H and O–H groups in total. The fourth-order valence-corrected chi connectivity index (χ4v) is 4.12. The maximum Gasteiger partial charge on any atom is 0.315 e. The quantitative estimate of drug-likeness (QED) is 0.538. The number of halogens is 1. The number of carbonyl (C=O) groups is 3. The number of rotatable bonds is 8. The Bertz CT molecular complexity index is 1020. The second-order valence-corrected chi connectivity index (χ2v) is 9.44. The molecule has 0 saturated carbocycles. The third-order valence-electron chi connectivity index (χ3n) is 6.40. The summed E-state index contributed by atoms with van der Waals surface area (Å²) in [4.78, 5) is 39.9. The lowest BCUT2D eigenvalue weighted by atomic mass is 9.94. The van der Waals surface area contributed by atoms with Crippen LogP contribution in [-0.4, -0.2) is 41.9 Å². The Kier molecular flexibility index (Phi) is 9.23. The summed E-state index contributed by atoms with van der Waals surface area (Å²) in [6, 6.07) is 13.5. The highest BCUT2D eigenvalue weighted by atomic mass is 19.1. The average molecular weight is 483 g/mol. The van der Waals surface area contributed by atoms with Gasteiger partial charge in [-0.1, -0.05) is 56.3 Å². The van der Waals surface area contributed by atoms with Gasteiger partial charge in [0.15, 0.2) is 0 Å². The summed E-state index contributed by atoms with van der Waals surface area (Å²) in [6.07, 6.45) is 1.09. The summed E-state index contributed by atoms with van der Waals surface area (Å²) < 4.78 is 13.7. The normalized spacial score (nSPS) is 14.9. The number of likely N-dealkylation sites (tertiary alicyclic amines) is 1. The van der Waals surface area contributed by atoms with Crippen LogP contribution in [0.5, 0.6) is 0 Å². The van der Waals surface area contributed by atoms with Crippen LogP contribution in [0, 0.1) is 24.6 Å². The predicted molar refractivity (Wildman–Crippen MR) is 133 cm³/mol. The zero-order chi connectivity index (χ0) is 25.4. The number of hydrogen-bond acceptors (Lipinski definition) is 3. The van der Waals surface area contributed by atoms with Gasteiger partial charge < -0.3 is 20.9 Å². The van der Waals surface area contributed by atoms with Gasteiger partial charge in [-0.2, -0.15) is 0 Å². The lowest BCUT2D eigenvalue weighted by molar-refractivity contribution is -0.138. The van der Waals surface area contributed by atoms with Crippen LogP contribution >= 0.6 is 0 Å². The van der Waals surface area contributed by atoms with Crippen LogP contribution in [0.1, 0.15) is 43.4 Å². The van der Waals surface area contributed by atoms with Crippen LogP contribution in [0.4, 0.5) is 9.18 Å². The number of carbonyl (C=O) groups excluding carboxylic acids is 3. The summed E-state index contributed by atoms with van der Waals surface area (Å²) in [7, 11) is 0. The molecule has 188 valence electrons. The predicted octanol–water partition coefficient (Wildman–Crippen LogP) is 3.51. The minimum atomic E-state index is -0.646. The molecule has 1 aliphatic heterocycles. The number of amides is 4. The van der Waals surface area contributed by atoms with E-state index in [-0.39, 0.29) is 42.0 Å². The van der Waals surface area contributed by atoms with Crippen molar-refractivity contribution >= 4 is 17.8 Å². The van der Waals surface area contributed by atoms with Gasteiger partial charge in [-0.15, -0.1) is 0 Å². The molecule has 0 aliphatic carbocycles. The van der Waals surface area contributed by atoms with Gasteiger partial charge in [-0.25, -0.2) is 9.18 Å². The van der Waals surface area contributed by atoms with E-state index in [1.165, 1.54) is 6.07 Å². The molecule has 35 heavy (non-hydrogen) atoms. The van der Waals surface area contributed by atoms with Crippen molar-refractivity contribution in [2.75, 3.05) is 13.1 Å². The van der Waals surface area contributed by atoms with Crippen molar-refractivity contribution in [3.63, 3.8) is 0 Å². The van der Waals surface area contributed by atoms with E-state index < -0.39 is 6.04 Å². The van der Waals surface area contributed by atoms with Crippen molar-refractivity contribution < 1.29 is 18.8 Å². The van der Waals surface area contributed by atoms with Gasteiger partial charge in [-0.05, 0) is 48.4 Å². The molecule has 0 aromatic heterocycles. The summed E-state index contributed by atoms with van der Waals surface area (Å²) in [5, 5.41) is 8.49. The van der Waals surface area contributed by atoms with Gasteiger partial charge in [0, 0.05) is 32.1 Å². The number of hydrogen-bond donors (Lipinski definition) is 3. The van der Waals surface area contributed by atoms with Crippen molar-refractivity contribution in [3.05, 3.63) is 71.0 Å². The first kappa shape index (κ1) is 26.2. The molecule has 0 radical (unpaired) electrons. The molecule has 3 rings (SSSR count). The topological polar surface area (TPSA) is 90.5 Å². The third kappa shape index (κ3) is 7.53. The lowest BCUT2D eigenvalue weighted by Crippen LogP contribution is -2.55. The van der Waals surface area contributed by atoms with Gasteiger partial charge in [0.1, 0.15) is 11.9 Å². The fourth-order valence-electron chi connectivity index (χ4n) is 4.12. The van der Waals surface area contributed by atoms with Crippen molar-refractivity contribution in [2.45, 2.75) is 52.7 Å². The third-order valence-corrected chi connectivity index (χ3v) is 6.40. The SMILES string of the molecule is Cc1ccc(CNC(=O)C2CCN(C(=O)C(NC(=O)NCc3ccccc3)C(C)C)CC2)cc1F. The van der Waals surface area contributed by atoms with Crippen LogP contribution in [0.15, 0.2) is 48.5 Å². The molecule has 1 saturated heterocycles. The number of nitrogens with zero attached hydrogens (tertiary/aromatic N) is 1. The molecular formula is C27H35FN4O3. The number of aryl methyl sites for hydroxylation is 1. The fraction of sp³-hybridized carbons (Fsp3) is 0.444. The molecule has 1 fully saturated rings. The Balaban J connectivity index is 1.46. The first-order valence-electron chi connectivity index (χ1n) is 12.1. The minimum Gasteiger partial charge on any atom is -0.352 e. The smallest absolute Gasteiger partial charge is 0.315 e. The van der Waals surface area contributed by atoms with E-state index in [4.69, 9.17) is 0 Å². The molecule has 2 aromatic carbocycles. The molecule has 4 amide bonds. The Morgan fingerprint density at radius 2 is 1.63 bits per heavy atom. The summed E-state index contributed by atoms with van der Waals surface area (Å²) in [5.74, 6) is -0.790. The second-order valence-electron chi connectivity index (χ2n) is 9.44. The monoisotopic (exact) mass is 482 g/mol. The van der Waals surface area contributed by atoms with Gasteiger partial charge >= 0.3 is 6.03 Å². The summed E-state index contributed by atoms with van der Waals surface area (Å²) in [5.41, 5.74) is 2.26. The standard InChI is InChI=1S/C27H35FN4O3/c1-18(2)24(31-27(35)30-16-20-7-5-4-6-8-20)26(34)32-13-11-22(12-14-32)25(33)29-17-21-10-9-19(3)23(28)15-21/h4-10,15,18,22,24H,11-14,16-17H2,1-3H3,(H,29,33)(H2,30,31,35). The van der Waals surface area contributed by atoms with Crippen molar-refractivity contribution in [1.82, 2.24) is 20.9 Å². The van der Waals surface area contributed by atoms with Gasteiger partial charge in [0.05, 0.1) is 0 Å². The van der Waals surface area contributed by atoms with E-state index in [2.05, 4.69) is 16.0 Å². The lowest BCUT2D eigenvalue weighted by Gasteiger charge is -2.35. The largest absolute Gasteiger partial charge is 0.352 e. The van der Waals surface area contributed by atoms with Crippen molar-refractivity contribution in [3.8, 4) is 0 Å². The van der Waals surface area contributed by atoms with Crippen LogP contribution in [0.2, 0.25) is 0 Å². The molecule has 2 aromatic rings. The van der Waals surface area contributed by atoms with E-state index in [0.717, 1.165) is 5.56 Å².